The molecule has 32 heavy (non-hydrogen) atoms. The van der Waals surface area contributed by atoms with Crippen LogP contribution < -0.4 is 5.32 Å². The molecule has 1 unspecified atom stereocenters. The average Bonchev–Trinajstić information content (AvgIpc) is 2.78. The minimum atomic E-state index is -0.441. The van der Waals surface area contributed by atoms with Gasteiger partial charge in [0.2, 0.25) is 0 Å². The summed E-state index contributed by atoms with van der Waals surface area (Å²) < 4.78 is 0. The number of ketones is 2. The van der Waals surface area contributed by atoms with Crippen LogP contribution in [0.15, 0.2) is 64.3 Å². The number of dihydropyridines is 1. The van der Waals surface area contributed by atoms with Gasteiger partial charge in [0.25, 0.3) is 0 Å². The third-order valence-corrected chi connectivity index (χ3v) is 6.94. The van der Waals surface area contributed by atoms with Crippen molar-refractivity contribution in [3.05, 3.63) is 92.2 Å². The van der Waals surface area contributed by atoms with Gasteiger partial charge in [-0.25, -0.2) is 0 Å². The Hall–Kier alpha value is -3.10. The Bertz CT molecular complexity index is 1170. The molecule has 0 radical (unpaired) electrons. The Morgan fingerprint density at radius 3 is 2.31 bits per heavy atom. The number of carbonyl (C=O) groups is 2. The number of carbonyl (C=O) groups excluding carboxylic acids is 2. The molecule has 0 bridgehead atoms. The molecule has 0 aliphatic carbocycles. The van der Waals surface area contributed by atoms with Crippen LogP contribution >= 0.6 is 11.8 Å². The lowest BCUT2D eigenvalue weighted by Crippen LogP contribution is -2.27. The average molecular weight is 445 g/mol. The molecule has 1 aliphatic heterocycles. The lowest BCUT2D eigenvalue weighted by molar-refractivity contribution is -0.113. The number of nitriles is 1. The van der Waals surface area contributed by atoms with Crippen molar-refractivity contribution >= 4 is 23.3 Å². The van der Waals surface area contributed by atoms with Crippen LogP contribution in [0.4, 0.5) is 0 Å². The van der Waals surface area contributed by atoms with E-state index < -0.39 is 5.92 Å². The van der Waals surface area contributed by atoms with Gasteiger partial charge in [0.1, 0.15) is 0 Å². The van der Waals surface area contributed by atoms with Gasteiger partial charge in [0, 0.05) is 16.8 Å². The van der Waals surface area contributed by atoms with Crippen LogP contribution in [0.1, 0.15) is 59.3 Å². The molecule has 5 heteroatoms. The first-order chi connectivity index (χ1) is 15.3. The minimum absolute atomic E-state index is 0.00698. The molecule has 0 amide bonds. The molecular weight excluding hydrogens is 416 g/mol. The molecule has 0 saturated carbocycles. The van der Waals surface area contributed by atoms with Crippen LogP contribution in [0, 0.1) is 25.2 Å². The largest absolute Gasteiger partial charge is 0.353 e. The summed E-state index contributed by atoms with van der Waals surface area (Å²) in [6, 6.07) is 16.1. The van der Waals surface area contributed by atoms with Crippen molar-refractivity contribution in [1.29, 1.82) is 5.26 Å². The number of nitrogens with zero attached hydrogens (tertiary/aromatic N) is 1. The number of Topliss-reactive ketones (excluding diaryl/α,β-unsaturated/α-hetero) is 2. The number of aryl methyl sites for hydroxylation is 3. The fourth-order valence-corrected chi connectivity index (χ4v) is 4.89. The highest BCUT2D eigenvalue weighted by molar-refractivity contribution is 8.03. The van der Waals surface area contributed by atoms with Crippen LogP contribution in [0.3, 0.4) is 0 Å². The first-order valence-electron chi connectivity index (χ1n) is 10.7. The highest BCUT2D eigenvalue weighted by atomic mass is 32.2. The van der Waals surface area contributed by atoms with E-state index in [0.29, 0.717) is 21.7 Å². The van der Waals surface area contributed by atoms with Crippen molar-refractivity contribution in [2.75, 3.05) is 5.75 Å². The predicted molar refractivity (Wildman–Crippen MR) is 130 cm³/mol. The van der Waals surface area contributed by atoms with Crippen LogP contribution in [0.25, 0.3) is 0 Å². The number of allylic oxidation sites excluding steroid dienone is 3. The molecule has 0 fully saturated rings. The molecule has 1 heterocycles. The molecular formula is C27H28N2O2S. The summed E-state index contributed by atoms with van der Waals surface area (Å²) in [6.07, 6.45) is 0.920. The fraction of sp³-hybridized carbons (Fsp3) is 0.296. The van der Waals surface area contributed by atoms with Crippen molar-refractivity contribution in [3.63, 3.8) is 0 Å². The normalized spacial score (nSPS) is 15.9. The summed E-state index contributed by atoms with van der Waals surface area (Å²) in [5, 5.41) is 13.9. The number of thioether (sulfide) groups is 1. The number of benzene rings is 2. The highest BCUT2D eigenvalue weighted by Crippen LogP contribution is 2.41. The van der Waals surface area contributed by atoms with E-state index in [1.54, 1.807) is 0 Å². The van der Waals surface area contributed by atoms with Crippen molar-refractivity contribution in [2.24, 2.45) is 0 Å². The van der Waals surface area contributed by atoms with E-state index in [4.69, 9.17) is 0 Å². The van der Waals surface area contributed by atoms with Crippen molar-refractivity contribution in [2.45, 2.75) is 47.0 Å². The first-order valence-corrected chi connectivity index (χ1v) is 11.7. The zero-order chi connectivity index (χ0) is 23.4. The Morgan fingerprint density at radius 2 is 1.75 bits per heavy atom. The van der Waals surface area contributed by atoms with E-state index >= 15 is 0 Å². The van der Waals surface area contributed by atoms with Gasteiger partial charge in [0.05, 0.1) is 28.3 Å². The van der Waals surface area contributed by atoms with E-state index in [-0.39, 0.29) is 17.3 Å². The number of hydrogen-bond acceptors (Lipinski definition) is 5. The Kier molecular flexibility index (Phi) is 7.37. The smallest absolute Gasteiger partial charge is 0.173 e. The molecule has 4 nitrogen and oxygen atoms in total. The third kappa shape index (κ3) is 4.87. The molecule has 0 saturated heterocycles. The summed E-state index contributed by atoms with van der Waals surface area (Å²) in [5.74, 6) is -0.292. The van der Waals surface area contributed by atoms with E-state index in [0.717, 1.165) is 28.8 Å². The predicted octanol–water partition coefficient (Wildman–Crippen LogP) is 5.77. The number of rotatable bonds is 7. The van der Waals surface area contributed by atoms with Crippen LogP contribution in [-0.4, -0.2) is 17.3 Å². The summed E-state index contributed by atoms with van der Waals surface area (Å²) in [4.78, 5) is 25.3. The third-order valence-electron chi connectivity index (χ3n) is 5.92. The Balaban J connectivity index is 1.94. The topological polar surface area (TPSA) is 70.0 Å². The fourth-order valence-electron chi connectivity index (χ4n) is 3.91. The molecule has 1 aliphatic rings. The quantitative estimate of drug-likeness (QED) is 0.549. The monoisotopic (exact) mass is 444 g/mol. The van der Waals surface area contributed by atoms with Crippen molar-refractivity contribution in [3.8, 4) is 6.07 Å². The van der Waals surface area contributed by atoms with Crippen LogP contribution in [0.2, 0.25) is 0 Å². The second-order valence-corrected chi connectivity index (χ2v) is 9.10. The molecule has 1 atom stereocenters. The zero-order valence-corrected chi connectivity index (χ0v) is 20.0. The van der Waals surface area contributed by atoms with Gasteiger partial charge in [-0.05, 0) is 62.4 Å². The summed E-state index contributed by atoms with van der Waals surface area (Å²) in [6.45, 7) is 9.48. The maximum absolute atomic E-state index is 12.8. The molecule has 3 rings (SSSR count). The van der Waals surface area contributed by atoms with Gasteiger partial charge in [-0.1, -0.05) is 55.1 Å². The van der Waals surface area contributed by atoms with Gasteiger partial charge in [-0.15, -0.1) is 0 Å². The second-order valence-electron chi connectivity index (χ2n) is 8.11. The van der Waals surface area contributed by atoms with Crippen LogP contribution in [0.5, 0.6) is 0 Å². The van der Waals surface area contributed by atoms with Crippen molar-refractivity contribution < 1.29 is 9.59 Å². The Morgan fingerprint density at radius 1 is 1.06 bits per heavy atom. The SMILES string of the molecule is CCc1ccc(C2C(C#N)=C(SCC(=O)c3ccc(C)c(C)c3)NC(C)=C2C(C)=O)cc1. The maximum atomic E-state index is 12.8. The molecule has 2 aromatic carbocycles. The standard InChI is InChI=1S/C27H28N2O2S/c1-6-20-8-11-21(12-9-20)26-23(14-28)27(29-18(4)25(26)19(5)30)32-15-24(31)22-10-7-16(2)17(3)13-22/h7-13,26,29H,6,15H2,1-5H3. The lowest BCUT2D eigenvalue weighted by Gasteiger charge is -2.29. The molecule has 2 aromatic rings. The van der Waals surface area contributed by atoms with E-state index in [1.807, 2.05) is 63.2 Å². The van der Waals surface area contributed by atoms with Crippen LogP contribution in [-0.2, 0) is 11.2 Å². The van der Waals surface area contributed by atoms with Gasteiger partial charge in [-0.2, -0.15) is 5.26 Å². The van der Waals surface area contributed by atoms with Crippen molar-refractivity contribution in [1.82, 2.24) is 5.32 Å². The van der Waals surface area contributed by atoms with Gasteiger partial charge in [-0.3, -0.25) is 9.59 Å². The zero-order valence-electron chi connectivity index (χ0n) is 19.2. The first kappa shape index (κ1) is 23.6. The number of nitrogens with one attached hydrogen (secondary N) is 1. The number of hydrogen-bond donors (Lipinski definition) is 1. The second kappa shape index (κ2) is 10.0. The lowest BCUT2D eigenvalue weighted by atomic mass is 9.81. The van der Waals surface area contributed by atoms with E-state index in [2.05, 4.69) is 18.3 Å². The van der Waals surface area contributed by atoms with Gasteiger partial charge < -0.3 is 5.32 Å². The minimum Gasteiger partial charge on any atom is -0.353 e. The summed E-state index contributed by atoms with van der Waals surface area (Å²) in [5.41, 5.74) is 6.79. The maximum Gasteiger partial charge on any atom is 0.173 e. The Labute approximate surface area is 194 Å². The molecule has 1 N–H and O–H groups in total. The molecule has 0 aromatic heterocycles. The molecule has 0 spiro atoms. The van der Waals surface area contributed by atoms with Gasteiger partial charge in [0.15, 0.2) is 11.6 Å². The summed E-state index contributed by atoms with van der Waals surface area (Å²) >= 11 is 1.32. The van der Waals surface area contributed by atoms with Gasteiger partial charge >= 0.3 is 0 Å². The molecule has 164 valence electrons. The van der Waals surface area contributed by atoms with E-state index in [9.17, 15) is 14.9 Å². The highest BCUT2D eigenvalue weighted by Gasteiger charge is 2.33. The van der Waals surface area contributed by atoms with E-state index in [1.165, 1.54) is 24.2 Å². The summed E-state index contributed by atoms with van der Waals surface area (Å²) in [7, 11) is 0.